The van der Waals surface area contributed by atoms with Gasteiger partial charge in [0.2, 0.25) is 5.91 Å². The fraction of sp³-hybridized carbons (Fsp3) is 0.0952. The molecule has 0 saturated carbocycles. The number of pyridine rings is 1. The van der Waals surface area contributed by atoms with Crippen LogP contribution in [0.15, 0.2) is 65.5 Å². The first-order valence-electron chi connectivity index (χ1n) is 8.33. The van der Waals surface area contributed by atoms with Crippen molar-refractivity contribution in [3.05, 3.63) is 76.7 Å². The molecular formula is C21H17N3OS. The summed E-state index contributed by atoms with van der Waals surface area (Å²) in [6.45, 7) is 2.06. The van der Waals surface area contributed by atoms with Crippen molar-refractivity contribution < 1.29 is 4.79 Å². The zero-order valence-corrected chi connectivity index (χ0v) is 15.1. The van der Waals surface area contributed by atoms with E-state index in [9.17, 15) is 4.79 Å². The summed E-state index contributed by atoms with van der Waals surface area (Å²) in [5, 5.41) is 5.86. The van der Waals surface area contributed by atoms with Crippen molar-refractivity contribution >= 4 is 33.8 Å². The molecule has 0 radical (unpaired) electrons. The minimum Gasteiger partial charge on any atom is -0.324 e. The lowest BCUT2D eigenvalue weighted by molar-refractivity contribution is -0.115. The predicted molar refractivity (Wildman–Crippen MR) is 106 cm³/mol. The number of aromatic nitrogens is 2. The van der Waals surface area contributed by atoms with Crippen LogP contribution in [0, 0.1) is 6.92 Å². The Morgan fingerprint density at radius 3 is 2.81 bits per heavy atom. The van der Waals surface area contributed by atoms with Crippen LogP contribution in [0.5, 0.6) is 0 Å². The van der Waals surface area contributed by atoms with E-state index in [1.807, 2.05) is 47.8 Å². The molecule has 26 heavy (non-hydrogen) atoms. The number of hydrogen-bond acceptors (Lipinski definition) is 4. The molecule has 4 rings (SSSR count). The fourth-order valence-electron chi connectivity index (χ4n) is 2.90. The van der Waals surface area contributed by atoms with Crippen molar-refractivity contribution in [1.29, 1.82) is 0 Å². The molecule has 1 N–H and O–H groups in total. The number of nitrogens with one attached hydrogen (secondary N) is 1. The topological polar surface area (TPSA) is 54.9 Å². The van der Waals surface area contributed by atoms with E-state index < -0.39 is 0 Å². The Morgan fingerprint density at radius 2 is 2.00 bits per heavy atom. The smallest absolute Gasteiger partial charge is 0.230 e. The van der Waals surface area contributed by atoms with Gasteiger partial charge in [0, 0.05) is 16.3 Å². The van der Waals surface area contributed by atoms with Crippen LogP contribution in [0.4, 0.5) is 5.69 Å². The van der Waals surface area contributed by atoms with Gasteiger partial charge in [-0.15, -0.1) is 11.3 Å². The standard InChI is InChI=1S/C21H17N3OS/c1-14-4-2-6-16(10-14)18-9-8-15-5-3-7-19(21(15)24-18)23-20(25)11-17-12-26-13-22-17/h2-10,12-13H,11H2,1H3,(H,23,25). The van der Waals surface area contributed by atoms with Gasteiger partial charge in [-0.1, -0.05) is 42.0 Å². The van der Waals surface area contributed by atoms with Crippen molar-refractivity contribution in [2.24, 2.45) is 0 Å². The minimum absolute atomic E-state index is 0.0915. The first kappa shape index (κ1) is 16.4. The molecule has 0 aliphatic rings. The summed E-state index contributed by atoms with van der Waals surface area (Å²) < 4.78 is 0. The number of anilines is 1. The Hall–Kier alpha value is -3.05. The second-order valence-corrected chi connectivity index (χ2v) is 6.87. The zero-order valence-electron chi connectivity index (χ0n) is 14.3. The van der Waals surface area contributed by atoms with Gasteiger partial charge < -0.3 is 5.32 Å². The maximum atomic E-state index is 12.3. The maximum absolute atomic E-state index is 12.3. The summed E-state index contributed by atoms with van der Waals surface area (Å²) >= 11 is 1.49. The molecule has 0 aliphatic heterocycles. The van der Waals surface area contributed by atoms with Crippen LogP contribution in [0.1, 0.15) is 11.3 Å². The Labute approximate surface area is 155 Å². The summed E-state index contributed by atoms with van der Waals surface area (Å²) in [6, 6.07) is 18.1. The van der Waals surface area contributed by atoms with Crippen molar-refractivity contribution in [3.63, 3.8) is 0 Å². The Bertz CT molecular complexity index is 1070. The number of rotatable bonds is 4. The van der Waals surface area contributed by atoms with Gasteiger partial charge in [-0.3, -0.25) is 4.79 Å². The summed E-state index contributed by atoms with van der Waals surface area (Å²) in [5.41, 5.74) is 7.17. The van der Waals surface area contributed by atoms with E-state index in [2.05, 4.69) is 29.4 Å². The van der Waals surface area contributed by atoms with E-state index in [4.69, 9.17) is 4.98 Å². The normalized spacial score (nSPS) is 10.8. The van der Waals surface area contributed by atoms with Crippen molar-refractivity contribution in [3.8, 4) is 11.3 Å². The molecule has 5 heteroatoms. The number of carbonyl (C=O) groups is 1. The van der Waals surface area contributed by atoms with Gasteiger partial charge in [0.1, 0.15) is 0 Å². The van der Waals surface area contributed by atoms with Crippen LogP contribution >= 0.6 is 11.3 Å². The van der Waals surface area contributed by atoms with Crippen LogP contribution < -0.4 is 5.32 Å². The molecule has 128 valence electrons. The number of aryl methyl sites for hydroxylation is 1. The highest BCUT2D eigenvalue weighted by molar-refractivity contribution is 7.07. The Morgan fingerprint density at radius 1 is 1.12 bits per heavy atom. The van der Waals surface area contributed by atoms with Crippen LogP contribution in [0.2, 0.25) is 0 Å². The number of para-hydroxylation sites is 1. The third-order valence-corrected chi connectivity index (χ3v) is 4.77. The molecule has 0 fully saturated rings. The van der Waals surface area contributed by atoms with E-state index >= 15 is 0 Å². The van der Waals surface area contributed by atoms with E-state index in [0.717, 1.165) is 33.5 Å². The molecule has 0 spiro atoms. The van der Waals surface area contributed by atoms with Gasteiger partial charge in [-0.2, -0.15) is 0 Å². The van der Waals surface area contributed by atoms with E-state index in [-0.39, 0.29) is 12.3 Å². The van der Waals surface area contributed by atoms with Crippen LogP contribution in [0.25, 0.3) is 22.2 Å². The largest absolute Gasteiger partial charge is 0.324 e. The maximum Gasteiger partial charge on any atom is 0.230 e. The minimum atomic E-state index is -0.0915. The summed E-state index contributed by atoms with van der Waals surface area (Å²) in [7, 11) is 0. The monoisotopic (exact) mass is 359 g/mol. The van der Waals surface area contributed by atoms with Gasteiger partial charge in [-0.05, 0) is 25.1 Å². The van der Waals surface area contributed by atoms with E-state index in [1.54, 1.807) is 5.51 Å². The summed E-state index contributed by atoms with van der Waals surface area (Å²) in [6.07, 6.45) is 0.261. The van der Waals surface area contributed by atoms with Gasteiger partial charge in [-0.25, -0.2) is 9.97 Å². The second-order valence-electron chi connectivity index (χ2n) is 6.15. The van der Waals surface area contributed by atoms with Gasteiger partial charge >= 0.3 is 0 Å². The highest BCUT2D eigenvalue weighted by Crippen LogP contribution is 2.26. The first-order valence-corrected chi connectivity index (χ1v) is 9.27. The van der Waals surface area contributed by atoms with Gasteiger partial charge in [0.05, 0.1) is 34.5 Å². The molecule has 2 heterocycles. The predicted octanol–water partition coefficient (Wildman–Crippen LogP) is 4.85. The van der Waals surface area contributed by atoms with Crippen LogP contribution in [-0.2, 0) is 11.2 Å². The van der Waals surface area contributed by atoms with Crippen LogP contribution in [-0.4, -0.2) is 15.9 Å². The molecule has 4 aromatic rings. The zero-order chi connectivity index (χ0) is 17.9. The molecule has 0 unspecified atom stereocenters. The number of hydrogen-bond donors (Lipinski definition) is 1. The number of carbonyl (C=O) groups excluding carboxylic acids is 1. The third-order valence-electron chi connectivity index (χ3n) is 4.13. The molecule has 2 aromatic carbocycles. The van der Waals surface area contributed by atoms with E-state index in [0.29, 0.717) is 0 Å². The number of amides is 1. The summed E-state index contributed by atoms with van der Waals surface area (Å²) in [5.74, 6) is -0.0915. The fourth-order valence-corrected chi connectivity index (χ4v) is 3.46. The third kappa shape index (κ3) is 3.48. The average Bonchev–Trinajstić information content (AvgIpc) is 3.14. The second kappa shape index (κ2) is 7.06. The molecule has 0 bridgehead atoms. The molecule has 0 atom stereocenters. The highest BCUT2D eigenvalue weighted by atomic mass is 32.1. The molecule has 4 nitrogen and oxygen atoms in total. The van der Waals surface area contributed by atoms with Gasteiger partial charge in [0.15, 0.2) is 0 Å². The molecule has 0 saturated heterocycles. The highest BCUT2D eigenvalue weighted by Gasteiger charge is 2.10. The average molecular weight is 359 g/mol. The number of thiazole rings is 1. The number of nitrogens with zero attached hydrogens (tertiary/aromatic N) is 2. The Kier molecular flexibility index (Phi) is 4.46. The lowest BCUT2D eigenvalue weighted by atomic mass is 10.1. The van der Waals surface area contributed by atoms with Crippen molar-refractivity contribution in [2.45, 2.75) is 13.3 Å². The molecule has 2 aromatic heterocycles. The molecular weight excluding hydrogens is 342 g/mol. The molecule has 0 aliphatic carbocycles. The first-order chi connectivity index (χ1) is 12.7. The van der Waals surface area contributed by atoms with E-state index in [1.165, 1.54) is 16.9 Å². The SMILES string of the molecule is Cc1cccc(-c2ccc3cccc(NC(=O)Cc4cscn4)c3n2)c1. The van der Waals surface area contributed by atoms with Crippen molar-refractivity contribution in [2.75, 3.05) is 5.32 Å². The van der Waals surface area contributed by atoms with Gasteiger partial charge in [0.25, 0.3) is 0 Å². The Balaban J connectivity index is 1.68. The lowest BCUT2D eigenvalue weighted by Gasteiger charge is -2.10. The summed E-state index contributed by atoms with van der Waals surface area (Å²) in [4.78, 5) is 21.3. The molecule has 1 amide bonds. The van der Waals surface area contributed by atoms with Crippen LogP contribution in [0.3, 0.4) is 0 Å². The number of benzene rings is 2. The van der Waals surface area contributed by atoms with Crippen molar-refractivity contribution in [1.82, 2.24) is 9.97 Å². The quantitative estimate of drug-likeness (QED) is 0.567. The lowest BCUT2D eigenvalue weighted by Crippen LogP contribution is -2.15. The number of fused-ring (bicyclic) bond motifs is 1.